The Bertz CT molecular complexity index is 575. The lowest BCUT2D eigenvalue weighted by Crippen LogP contribution is -2.48. The van der Waals surface area contributed by atoms with Gasteiger partial charge in [0.25, 0.3) is 0 Å². The van der Waals surface area contributed by atoms with Crippen LogP contribution in [0, 0.1) is 11.3 Å². The summed E-state index contributed by atoms with van der Waals surface area (Å²) in [6.07, 6.45) is 5.62. The highest BCUT2D eigenvalue weighted by atomic mass is 35.5. The van der Waals surface area contributed by atoms with Gasteiger partial charge in [0.05, 0.1) is 28.3 Å². The Balaban J connectivity index is 1.94. The molecule has 0 heterocycles. The highest BCUT2D eigenvalue weighted by Crippen LogP contribution is 2.29. The monoisotopic (exact) mass is 339 g/mol. The van der Waals surface area contributed by atoms with Crippen molar-refractivity contribution in [1.82, 2.24) is 5.32 Å². The predicted octanol–water partition coefficient (Wildman–Crippen LogP) is 4.14. The van der Waals surface area contributed by atoms with Gasteiger partial charge in [0.2, 0.25) is 5.91 Å². The second-order valence-corrected chi connectivity index (χ2v) is 6.40. The lowest BCUT2D eigenvalue weighted by Gasteiger charge is -2.26. The molecule has 0 unspecified atom stereocenters. The minimum absolute atomic E-state index is 0.0590. The van der Waals surface area contributed by atoms with Gasteiger partial charge in [-0.05, 0) is 25.0 Å². The number of nitriles is 1. The van der Waals surface area contributed by atoms with E-state index in [4.69, 9.17) is 23.2 Å². The molecule has 1 aromatic carbocycles. The van der Waals surface area contributed by atoms with Crippen molar-refractivity contribution < 1.29 is 4.79 Å². The van der Waals surface area contributed by atoms with Crippen molar-refractivity contribution in [1.29, 1.82) is 5.26 Å². The van der Waals surface area contributed by atoms with E-state index in [-0.39, 0.29) is 12.5 Å². The Morgan fingerprint density at radius 2 is 1.91 bits per heavy atom. The van der Waals surface area contributed by atoms with Crippen LogP contribution in [0.2, 0.25) is 10.0 Å². The summed E-state index contributed by atoms with van der Waals surface area (Å²) in [5.74, 6) is -0.209. The first-order valence-electron chi connectivity index (χ1n) is 7.46. The van der Waals surface area contributed by atoms with E-state index in [2.05, 4.69) is 16.7 Å². The topological polar surface area (TPSA) is 64.9 Å². The number of hydrogen-bond donors (Lipinski definition) is 2. The normalized spacial score (nSPS) is 17.1. The van der Waals surface area contributed by atoms with E-state index in [9.17, 15) is 10.1 Å². The second-order valence-electron chi connectivity index (χ2n) is 5.61. The van der Waals surface area contributed by atoms with Crippen molar-refractivity contribution in [3.63, 3.8) is 0 Å². The van der Waals surface area contributed by atoms with Gasteiger partial charge in [0.15, 0.2) is 0 Å². The Morgan fingerprint density at radius 1 is 1.23 bits per heavy atom. The van der Waals surface area contributed by atoms with Crippen LogP contribution in [0.1, 0.15) is 38.5 Å². The molecule has 0 aliphatic heterocycles. The maximum absolute atomic E-state index is 12.2. The number of nitrogens with zero attached hydrogens (tertiary/aromatic N) is 1. The lowest BCUT2D eigenvalue weighted by molar-refractivity contribution is -0.120. The second kappa shape index (κ2) is 7.71. The number of carbonyl (C=O) groups excluding carboxylic acids is 1. The minimum Gasteiger partial charge on any atom is -0.375 e. The van der Waals surface area contributed by atoms with Crippen molar-refractivity contribution in [2.45, 2.75) is 44.1 Å². The first-order valence-corrected chi connectivity index (χ1v) is 8.22. The van der Waals surface area contributed by atoms with Gasteiger partial charge in [0, 0.05) is 0 Å². The van der Waals surface area contributed by atoms with Gasteiger partial charge in [-0.1, -0.05) is 55.0 Å². The number of benzene rings is 1. The van der Waals surface area contributed by atoms with Crippen LogP contribution in [-0.2, 0) is 4.79 Å². The molecule has 1 aromatic rings. The van der Waals surface area contributed by atoms with Crippen molar-refractivity contribution in [3.8, 4) is 6.07 Å². The molecular formula is C16H19Cl2N3O. The number of anilines is 1. The zero-order valence-corrected chi connectivity index (χ0v) is 13.8. The number of rotatable bonds is 4. The summed E-state index contributed by atoms with van der Waals surface area (Å²) in [5, 5.41) is 16.1. The molecule has 2 N–H and O–H groups in total. The van der Waals surface area contributed by atoms with Crippen molar-refractivity contribution in [2.75, 3.05) is 11.9 Å². The fraction of sp³-hybridized carbons (Fsp3) is 0.500. The average molecular weight is 340 g/mol. The van der Waals surface area contributed by atoms with Crippen molar-refractivity contribution in [2.24, 2.45) is 0 Å². The number of halogens is 2. The molecule has 1 fully saturated rings. The molecule has 0 atom stereocenters. The highest BCUT2D eigenvalue weighted by Gasteiger charge is 2.32. The molecule has 118 valence electrons. The largest absolute Gasteiger partial charge is 0.375 e. The van der Waals surface area contributed by atoms with E-state index < -0.39 is 5.54 Å². The minimum atomic E-state index is -0.729. The van der Waals surface area contributed by atoms with Crippen LogP contribution in [0.5, 0.6) is 0 Å². The summed E-state index contributed by atoms with van der Waals surface area (Å²) in [7, 11) is 0. The number of hydrogen-bond acceptors (Lipinski definition) is 3. The van der Waals surface area contributed by atoms with Crippen LogP contribution in [0.3, 0.4) is 0 Å². The van der Waals surface area contributed by atoms with Crippen LogP contribution >= 0.6 is 23.2 Å². The fourth-order valence-corrected chi connectivity index (χ4v) is 3.09. The maximum atomic E-state index is 12.2. The smallest absolute Gasteiger partial charge is 0.240 e. The zero-order chi connectivity index (χ0) is 16.0. The molecule has 0 saturated heterocycles. The molecule has 0 spiro atoms. The SMILES string of the molecule is N#CC1(NC(=O)CNc2cccc(Cl)c2Cl)CCCCCC1. The molecule has 1 saturated carbocycles. The van der Waals surface area contributed by atoms with Gasteiger partial charge >= 0.3 is 0 Å². The van der Waals surface area contributed by atoms with Gasteiger partial charge in [-0.2, -0.15) is 5.26 Å². The van der Waals surface area contributed by atoms with Crippen LogP contribution in [0.4, 0.5) is 5.69 Å². The summed E-state index contributed by atoms with van der Waals surface area (Å²) in [6, 6.07) is 7.50. The first-order chi connectivity index (χ1) is 10.6. The Labute approximate surface area is 140 Å². The molecule has 1 amide bonds. The summed E-state index contributed by atoms with van der Waals surface area (Å²) >= 11 is 12.0. The molecule has 2 rings (SSSR count). The molecule has 0 bridgehead atoms. The molecule has 4 nitrogen and oxygen atoms in total. The fourth-order valence-electron chi connectivity index (χ4n) is 2.72. The molecule has 6 heteroatoms. The van der Waals surface area contributed by atoms with Gasteiger partial charge < -0.3 is 10.6 Å². The van der Waals surface area contributed by atoms with Gasteiger partial charge in [0.1, 0.15) is 5.54 Å². The molecule has 0 aromatic heterocycles. The van der Waals surface area contributed by atoms with Gasteiger partial charge in [-0.3, -0.25) is 4.79 Å². The van der Waals surface area contributed by atoms with E-state index in [1.54, 1.807) is 18.2 Å². The van der Waals surface area contributed by atoms with E-state index in [1.165, 1.54) is 0 Å². The Morgan fingerprint density at radius 3 is 2.55 bits per heavy atom. The molecule has 1 aliphatic rings. The van der Waals surface area contributed by atoms with Gasteiger partial charge in [-0.15, -0.1) is 0 Å². The van der Waals surface area contributed by atoms with E-state index in [0.29, 0.717) is 28.6 Å². The molecular weight excluding hydrogens is 321 g/mol. The summed E-state index contributed by atoms with van der Waals surface area (Å²) < 4.78 is 0. The number of amides is 1. The van der Waals surface area contributed by atoms with E-state index >= 15 is 0 Å². The van der Waals surface area contributed by atoms with Crippen LogP contribution in [0.15, 0.2) is 18.2 Å². The molecule has 22 heavy (non-hydrogen) atoms. The van der Waals surface area contributed by atoms with Gasteiger partial charge in [-0.25, -0.2) is 0 Å². The van der Waals surface area contributed by atoms with Crippen molar-refractivity contribution >= 4 is 34.8 Å². The molecule has 1 aliphatic carbocycles. The maximum Gasteiger partial charge on any atom is 0.240 e. The lowest BCUT2D eigenvalue weighted by atomic mass is 9.92. The van der Waals surface area contributed by atoms with Crippen molar-refractivity contribution in [3.05, 3.63) is 28.2 Å². The van der Waals surface area contributed by atoms with E-state index in [1.807, 2.05) is 0 Å². The zero-order valence-electron chi connectivity index (χ0n) is 12.3. The highest BCUT2D eigenvalue weighted by molar-refractivity contribution is 6.43. The van der Waals surface area contributed by atoms with Crippen LogP contribution < -0.4 is 10.6 Å². The summed E-state index contributed by atoms with van der Waals surface area (Å²) in [5.41, 5.74) is -0.121. The third-order valence-corrected chi connectivity index (χ3v) is 4.76. The number of nitrogens with one attached hydrogen (secondary N) is 2. The third kappa shape index (κ3) is 4.28. The summed E-state index contributed by atoms with van der Waals surface area (Å²) in [6.45, 7) is 0.0590. The third-order valence-electron chi connectivity index (χ3n) is 3.94. The first kappa shape index (κ1) is 16.9. The quantitative estimate of drug-likeness (QED) is 0.810. The average Bonchev–Trinajstić information content (AvgIpc) is 2.75. The van der Waals surface area contributed by atoms with Crippen LogP contribution in [0.25, 0.3) is 0 Å². The standard InChI is InChI=1S/C16H19Cl2N3O/c17-12-6-5-7-13(15(12)18)20-10-14(22)21-16(11-19)8-3-1-2-4-9-16/h5-7,20H,1-4,8-10H2,(H,21,22). The Kier molecular flexibility index (Phi) is 5.93. The summed E-state index contributed by atoms with van der Waals surface area (Å²) in [4.78, 5) is 12.2. The van der Waals surface area contributed by atoms with Crippen LogP contribution in [-0.4, -0.2) is 18.0 Å². The number of carbonyl (C=O) groups is 1. The van der Waals surface area contributed by atoms with E-state index in [0.717, 1.165) is 25.7 Å². The predicted molar refractivity (Wildman–Crippen MR) is 89.1 cm³/mol. The Hall–Kier alpha value is -1.44. The molecule has 0 radical (unpaired) electrons.